The molecule has 6 heteroatoms. The van der Waals surface area contributed by atoms with Crippen molar-refractivity contribution in [3.05, 3.63) is 91.0 Å². The number of hydrogen-bond donors (Lipinski definition) is 2. The van der Waals surface area contributed by atoms with Gasteiger partial charge in [0.05, 0.1) is 6.20 Å². The van der Waals surface area contributed by atoms with Crippen molar-refractivity contribution in [2.45, 2.75) is 13.0 Å². The zero-order chi connectivity index (χ0) is 22.7. The molecule has 2 aromatic carbocycles. The lowest BCUT2D eigenvalue weighted by molar-refractivity contribution is 0.589. The van der Waals surface area contributed by atoms with Crippen LogP contribution in [0, 0.1) is 0 Å². The summed E-state index contributed by atoms with van der Waals surface area (Å²) in [5.41, 5.74) is 8.04. The maximum atomic E-state index is 4.70. The van der Waals surface area contributed by atoms with Gasteiger partial charge in [-0.2, -0.15) is 5.10 Å². The number of aryl methyl sites for hydroxylation is 2. The molecule has 0 aliphatic carbocycles. The molecule has 4 heterocycles. The van der Waals surface area contributed by atoms with E-state index < -0.39 is 0 Å². The molecule has 3 aromatic heterocycles. The number of nitrogens with one attached hydrogen (secondary N) is 2. The molecule has 34 heavy (non-hydrogen) atoms. The topological polar surface area (TPSA) is 61.8 Å². The van der Waals surface area contributed by atoms with Crippen LogP contribution in [0.5, 0.6) is 0 Å². The zero-order valence-electron chi connectivity index (χ0n) is 19.1. The summed E-state index contributed by atoms with van der Waals surface area (Å²) in [6, 6.07) is 21.6. The van der Waals surface area contributed by atoms with E-state index in [4.69, 9.17) is 4.98 Å². The summed E-state index contributed by atoms with van der Waals surface area (Å²) in [6.45, 7) is 5.05. The van der Waals surface area contributed by atoms with E-state index in [9.17, 15) is 0 Å². The quantitative estimate of drug-likeness (QED) is 0.394. The van der Waals surface area contributed by atoms with Crippen molar-refractivity contribution < 1.29 is 0 Å². The summed E-state index contributed by atoms with van der Waals surface area (Å²) in [5, 5.41) is 9.13. The van der Waals surface area contributed by atoms with Crippen molar-refractivity contribution in [3.8, 4) is 22.3 Å². The van der Waals surface area contributed by atoms with E-state index in [1.165, 1.54) is 16.8 Å². The summed E-state index contributed by atoms with van der Waals surface area (Å²) in [6.07, 6.45) is 9.02. The number of rotatable bonds is 6. The first-order valence-electron chi connectivity index (χ1n) is 11.9. The molecule has 0 unspecified atom stereocenters. The van der Waals surface area contributed by atoms with Crippen LogP contribution in [0.2, 0.25) is 0 Å². The number of aromatic amines is 1. The molecule has 0 spiro atoms. The van der Waals surface area contributed by atoms with Crippen LogP contribution in [0.4, 0.5) is 5.69 Å². The molecule has 5 aromatic rings. The molecule has 1 saturated heterocycles. The molecule has 1 aliphatic rings. The van der Waals surface area contributed by atoms with E-state index in [1.807, 2.05) is 23.3 Å². The largest absolute Gasteiger partial charge is 0.369 e. The van der Waals surface area contributed by atoms with Crippen LogP contribution in [0.3, 0.4) is 0 Å². The van der Waals surface area contributed by atoms with Crippen LogP contribution >= 0.6 is 0 Å². The average molecular weight is 449 g/mol. The SMILES string of the molecule is c1ccc(CCn2cc(-c3c[nH]c4ncc(-c5ccc(N6CCNCC6)cc5)cc34)cn2)cc1. The van der Waals surface area contributed by atoms with Gasteiger partial charge < -0.3 is 15.2 Å². The van der Waals surface area contributed by atoms with Crippen molar-refractivity contribution in [2.24, 2.45) is 0 Å². The van der Waals surface area contributed by atoms with Crippen LogP contribution in [0.1, 0.15) is 5.56 Å². The minimum atomic E-state index is 0.856. The van der Waals surface area contributed by atoms with Crippen molar-refractivity contribution >= 4 is 16.7 Å². The number of nitrogens with zero attached hydrogens (tertiary/aromatic N) is 4. The fraction of sp³-hybridized carbons (Fsp3) is 0.214. The fourth-order valence-electron chi connectivity index (χ4n) is 4.70. The lowest BCUT2D eigenvalue weighted by Crippen LogP contribution is -2.43. The van der Waals surface area contributed by atoms with Gasteiger partial charge in [-0.3, -0.25) is 4.68 Å². The number of piperazine rings is 1. The van der Waals surface area contributed by atoms with Gasteiger partial charge in [0, 0.05) is 79.1 Å². The summed E-state index contributed by atoms with van der Waals surface area (Å²) in [5.74, 6) is 0. The van der Waals surface area contributed by atoms with Gasteiger partial charge in [0.15, 0.2) is 0 Å². The molecule has 6 nitrogen and oxygen atoms in total. The van der Waals surface area contributed by atoms with Gasteiger partial charge in [-0.15, -0.1) is 0 Å². The smallest absolute Gasteiger partial charge is 0.137 e. The first-order chi connectivity index (χ1) is 16.8. The molecule has 0 atom stereocenters. The molecule has 0 bridgehead atoms. The average Bonchev–Trinajstić information content (AvgIpc) is 3.55. The Labute approximate surface area is 199 Å². The number of aromatic nitrogens is 4. The minimum absolute atomic E-state index is 0.856. The van der Waals surface area contributed by atoms with Gasteiger partial charge in [-0.05, 0) is 35.7 Å². The van der Waals surface area contributed by atoms with Gasteiger partial charge in [0.2, 0.25) is 0 Å². The first-order valence-corrected chi connectivity index (χ1v) is 11.9. The van der Waals surface area contributed by atoms with Crippen molar-refractivity contribution in [1.29, 1.82) is 0 Å². The molecular formula is C28H28N6. The van der Waals surface area contributed by atoms with Crippen LogP contribution in [0.25, 0.3) is 33.3 Å². The maximum Gasteiger partial charge on any atom is 0.137 e. The Morgan fingerprint density at radius 3 is 2.50 bits per heavy atom. The Morgan fingerprint density at radius 1 is 0.853 bits per heavy atom. The van der Waals surface area contributed by atoms with Crippen LogP contribution in [0.15, 0.2) is 85.5 Å². The van der Waals surface area contributed by atoms with E-state index in [2.05, 4.69) is 87.2 Å². The number of anilines is 1. The number of fused-ring (bicyclic) bond motifs is 1. The van der Waals surface area contributed by atoms with Crippen LogP contribution in [-0.2, 0) is 13.0 Å². The zero-order valence-corrected chi connectivity index (χ0v) is 19.1. The molecule has 1 fully saturated rings. The second kappa shape index (κ2) is 9.15. The molecule has 0 amide bonds. The van der Waals surface area contributed by atoms with Crippen LogP contribution < -0.4 is 10.2 Å². The van der Waals surface area contributed by atoms with Crippen molar-refractivity contribution in [2.75, 3.05) is 31.1 Å². The third-order valence-corrected chi connectivity index (χ3v) is 6.63. The van der Waals surface area contributed by atoms with Gasteiger partial charge in [-0.25, -0.2) is 4.98 Å². The first kappa shape index (κ1) is 20.7. The molecule has 0 saturated carbocycles. The standard InChI is InChI=1S/C28H28N6/c1-2-4-21(5-3-1)10-13-34-20-24(18-32-34)27-19-31-28-26(27)16-23(17-30-28)22-6-8-25(9-7-22)33-14-11-29-12-15-33/h1-9,16-20,29H,10-15H2,(H,30,31). The number of pyridine rings is 1. The highest BCUT2D eigenvalue weighted by atomic mass is 15.3. The fourth-order valence-corrected chi connectivity index (χ4v) is 4.70. The number of hydrogen-bond acceptors (Lipinski definition) is 4. The molecule has 0 radical (unpaired) electrons. The van der Waals surface area contributed by atoms with E-state index in [-0.39, 0.29) is 0 Å². The Morgan fingerprint density at radius 2 is 1.68 bits per heavy atom. The van der Waals surface area contributed by atoms with E-state index in [1.54, 1.807) is 0 Å². The highest BCUT2D eigenvalue weighted by molar-refractivity contribution is 5.95. The normalized spacial score (nSPS) is 14.1. The Kier molecular flexibility index (Phi) is 5.57. The summed E-state index contributed by atoms with van der Waals surface area (Å²) in [4.78, 5) is 10.5. The Hall–Kier alpha value is -3.90. The predicted octanol–water partition coefficient (Wildman–Crippen LogP) is 4.75. The van der Waals surface area contributed by atoms with Gasteiger partial charge in [-0.1, -0.05) is 42.5 Å². The summed E-state index contributed by atoms with van der Waals surface area (Å²) in [7, 11) is 0. The molecule has 170 valence electrons. The Bertz CT molecular complexity index is 1380. The van der Waals surface area contributed by atoms with E-state index in [0.717, 1.165) is 66.9 Å². The minimum Gasteiger partial charge on any atom is -0.369 e. The third kappa shape index (κ3) is 4.20. The Balaban J connectivity index is 1.23. The highest BCUT2D eigenvalue weighted by Gasteiger charge is 2.13. The lowest BCUT2D eigenvalue weighted by Gasteiger charge is -2.29. The van der Waals surface area contributed by atoms with E-state index >= 15 is 0 Å². The van der Waals surface area contributed by atoms with Crippen molar-refractivity contribution in [3.63, 3.8) is 0 Å². The maximum absolute atomic E-state index is 4.70. The summed E-state index contributed by atoms with van der Waals surface area (Å²) >= 11 is 0. The van der Waals surface area contributed by atoms with Gasteiger partial charge in [0.25, 0.3) is 0 Å². The summed E-state index contributed by atoms with van der Waals surface area (Å²) < 4.78 is 2.02. The second-order valence-electron chi connectivity index (χ2n) is 8.83. The predicted molar refractivity (Wildman–Crippen MR) is 138 cm³/mol. The molecule has 6 rings (SSSR count). The number of H-pyrrole nitrogens is 1. The second-order valence-corrected chi connectivity index (χ2v) is 8.83. The van der Waals surface area contributed by atoms with Crippen LogP contribution in [-0.4, -0.2) is 45.9 Å². The van der Waals surface area contributed by atoms with Gasteiger partial charge in [0.1, 0.15) is 5.65 Å². The molecule has 1 aliphatic heterocycles. The monoisotopic (exact) mass is 448 g/mol. The number of benzene rings is 2. The molecular weight excluding hydrogens is 420 g/mol. The lowest BCUT2D eigenvalue weighted by atomic mass is 10.0. The van der Waals surface area contributed by atoms with E-state index in [0.29, 0.717) is 0 Å². The van der Waals surface area contributed by atoms with Gasteiger partial charge >= 0.3 is 0 Å². The third-order valence-electron chi connectivity index (χ3n) is 6.63. The highest BCUT2D eigenvalue weighted by Crippen LogP contribution is 2.31. The van der Waals surface area contributed by atoms with Crippen molar-refractivity contribution in [1.82, 2.24) is 25.1 Å². The molecule has 2 N–H and O–H groups in total.